The van der Waals surface area contributed by atoms with Gasteiger partial charge in [0.25, 0.3) is 0 Å². The molecule has 182 valence electrons. The number of allylic oxidation sites excluding steroid dienone is 3. The van der Waals surface area contributed by atoms with Crippen LogP contribution in [0.3, 0.4) is 0 Å². The molecule has 32 heavy (non-hydrogen) atoms. The van der Waals surface area contributed by atoms with Gasteiger partial charge in [0.05, 0.1) is 31.2 Å². The molecule has 0 bridgehead atoms. The molecule has 0 saturated heterocycles. The third-order valence-corrected chi connectivity index (χ3v) is 7.30. The van der Waals surface area contributed by atoms with Crippen LogP contribution in [-0.4, -0.2) is 47.6 Å². The molecule has 0 unspecified atom stereocenters. The average molecular weight is 451 g/mol. The van der Waals surface area contributed by atoms with E-state index in [9.17, 15) is 19.8 Å². The zero-order valence-corrected chi connectivity index (χ0v) is 20.5. The Morgan fingerprint density at radius 2 is 1.91 bits per heavy atom. The smallest absolute Gasteiger partial charge is 0.311 e. The van der Waals surface area contributed by atoms with Crippen LogP contribution in [0.4, 0.5) is 0 Å². The van der Waals surface area contributed by atoms with Crippen molar-refractivity contribution in [1.82, 2.24) is 0 Å². The summed E-state index contributed by atoms with van der Waals surface area (Å²) in [6, 6.07) is 0. The Kier molecular flexibility index (Phi) is 9.53. The van der Waals surface area contributed by atoms with Crippen LogP contribution in [0.2, 0.25) is 0 Å². The maximum absolute atomic E-state index is 12.9. The first-order valence-corrected chi connectivity index (χ1v) is 12.0. The first-order chi connectivity index (χ1) is 15.0. The third kappa shape index (κ3) is 6.92. The SMILES string of the molecule is CCC(C)(C)C(=O)O[C@H]1C[C@@H](C)C=C2C=C[C@H](C)[C@H](CC[C@H](O)C[C@@H](O)CC(=O)OC)[C@@H]21. The normalized spacial score (nSPS) is 29.5. The predicted octanol–water partition coefficient (Wildman–Crippen LogP) is 4.19. The second-order valence-corrected chi connectivity index (χ2v) is 10.4. The second-order valence-electron chi connectivity index (χ2n) is 10.4. The van der Waals surface area contributed by atoms with E-state index in [1.54, 1.807) is 0 Å². The van der Waals surface area contributed by atoms with E-state index in [-0.39, 0.29) is 42.7 Å². The number of ether oxygens (including phenoxy) is 2. The molecule has 0 aromatic heterocycles. The number of carbonyl (C=O) groups is 2. The van der Waals surface area contributed by atoms with Gasteiger partial charge in [0.15, 0.2) is 0 Å². The zero-order chi connectivity index (χ0) is 24.1. The van der Waals surface area contributed by atoms with Crippen LogP contribution in [-0.2, 0) is 19.1 Å². The van der Waals surface area contributed by atoms with Crippen molar-refractivity contribution in [1.29, 1.82) is 0 Å². The number of aliphatic hydroxyl groups is 2. The van der Waals surface area contributed by atoms with Crippen molar-refractivity contribution in [3.05, 3.63) is 23.8 Å². The van der Waals surface area contributed by atoms with Crippen LogP contribution in [0.25, 0.3) is 0 Å². The van der Waals surface area contributed by atoms with Crippen LogP contribution >= 0.6 is 0 Å². The van der Waals surface area contributed by atoms with E-state index in [4.69, 9.17) is 4.74 Å². The lowest BCUT2D eigenvalue weighted by Crippen LogP contribution is -2.43. The largest absolute Gasteiger partial charge is 0.469 e. The zero-order valence-electron chi connectivity index (χ0n) is 20.5. The Labute approximate surface area is 193 Å². The Bertz CT molecular complexity index is 709. The van der Waals surface area contributed by atoms with E-state index < -0.39 is 23.6 Å². The predicted molar refractivity (Wildman–Crippen MR) is 124 cm³/mol. The van der Waals surface area contributed by atoms with Gasteiger partial charge >= 0.3 is 11.9 Å². The van der Waals surface area contributed by atoms with Crippen molar-refractivity contribution in [2.24, 2.45) is 29.1 Å². The van der Waals surface area contributed by atoms with Crippen molar-refractivity contribution in [2.45, 2.75) is 91.5 Å². The molecule has 0 amide bonds. The van der Waals surface area contributed by atoms with Gasteiger partial charge in [0.2, 0.25) is 0 Å². The lowest BCUT2D eigenvalue weighted by molar-refractivity contribution is -0.164. The Balaban J connectivity index is 2.10. The van der Waals surface area contributed by atoms with Gasteiger partial charge in [-0.15, -0.1) is 0 Å². The van der Waals surface area contributed by atoms with Crippen molar-refractivity contribution in [3.63, 3.8) is 0 Å². The van der Waals surface area contributed by atoms with Crippen molar-refractivity contribution < 1.29 is 29.3 Å². The summed E-state index contributed by atoms with van der Waals surface area (Å²) >= 11 is 0. The molecule has 0 aromatic rings. The third-order valence-electron chi connectivity index (χ3n) is 7.30. The van der Waals surface area contributed by atoms with Gasteiger partial charge in [-0.05, 0) is 69.3 Å². The van der Waals surface area contributed by atoms with Crippen molar-refractivity contribution in [3.8, 4) is 0 Å². The standard InChI is InChI=1S/C26H42O6/c1-7-26(4,5)25(30)32-22-13-16(2)12-18-9-8-17(3)21(24(18)22)11-10-19(27)14-20(28)15-23(29)31-6/h8-9,12,16-17,19-22,24,27-28H,7,10-11,13-15H2,1-6H3/t16-,17-,19-,20+,21-,22-,24+/m0/s1. The maximum atomic E-state index is 12.9. The summed E-state index contributed by atoms with van der Waals surface area (Å²) in [6.45, 7) is 10.2. The molecule has 6 nitrogen and oxygen atoms in total. The molecule has 0 fully saturated rings. The first kappa shape index (κ1) is 26.6. The summed E-state index contributed by atoms with van der Waals surface area (Å²) < 4.78 is 10.7. The Hall–Kier alpha value is -1.66. The highest BCUT2D eigenvalue weighted by Gasteiger charge is 2.42. The fourth-order valence-corrected chi connectivity index (χ4v) is 4.84. The van der Waals surface area contributed by atoms with Crippen LogP contribution in [0, 0.1) is 29.1 Å². The highest BCUT2D eigenvalue weighted by atomic mass is 16.5. The summed E-state index contributed by atoms with van der Waals surface area (Å²) in [5.74, 6) is 0.329. The summed E-state index contributed by atoms with van der Waals surface area (Å²) in [7, 11) is 1.28. The van der Waals surface area contributed by atoms with Crippen LogP contribution < -0.4 is 0 Å². The molecule has 6 heteroatoms. The highest BCUT2D eigenvalue weighted by Crippen LogP contribution is 2.45. The number of esters is 2. The first-order valence-electron chi connectivity index (χ1n) is 12.0. The van der Waals surface area contributed by atoms with Crippen LogP contribution in [0.15, 0.2) is 23.8 Å². The van der Waals surface area contributed by atoms with E-state index in [0.717, 1.165) is 19.3 Å². The number of carbonyl (C=O) groups excluding carboxylic acids is 2. The summed E-state index contributed by atoms with van der Waals surface area (Å²) in [6.07, 6.45) is 7.67. The molecule has 2 aliphatic carbocycles. The Morgan fingerprint density at radius 1 is 1.22 bits per heavy atom. The number of hydrogen-bond acceptors (Lipinski definition) is 6. The number of methoxy groups -OCH3 is 1. The maximum Gasteiger partial charge on any atom is 0.311 e. The van der Waals surface area contributed by atoms with Gasteiger partial charge in [0, 0.05) is 5.92 Å². The molecular formula is C26H42O6. The number of hydrogen-bond donors (Lipinski definition) is 2. The van der Waals surface area contributed by atoms with Gasteiger partial charge in [-0.1, -0.05) is 39.0 Å². The average Bonchev–Trinajstić information content (AvgIpc) is 2.72. The van der Waals surface area contributed by atoms with E-state index >= 15 is 0 Å². The van der Waals surface area contributed by atoms with E-state index in [1.807, 2.05) is 20.8 Å². The Morgan fingerprint density at radius 3 is 2.53 bits per heavy atom. The van der Waals surface area contributed by atoms with Gasteiger partial charge in [-0.25, -0.2) is 0 Å². The highest BCUT2D eigenvalue weighted by molar-refractivity contribution is 5.76. The minimum absolute atomic E-state index is 0.106. The van der Waals surface area contributed by atoms with Crippen molar-refractivity contribution >= 4 is 11.9 Å². The topological polar surface area (TPSA) is 93.1 Å². The fourth-order valence-electron chi connectivity index (χ4n) is 4.84. The van der Waals surface area contributed by atoms with Crippen molar-refractivity contribution in [2.75, 3.05) is 7.11 Å². The lowest BCUT2D eigenvalue weighted by Gasteiger charge is -2.44. The molecular weight excluding hydrogens is 408 g/mol. The number of aliphatic hydroxyl groups excluding tert-OH is 2. The van der Waals surface area contributed by atoms with E-state index in [2.05, 4.69) is 36.8 Å². The summed E-state index contributed by atoms with van der Waals surface area (Å²) in [5, 5.41) is 20.5. The summed E-state index contributed by atoms with van der Waals surface area (Å²) in [4.78, 5) is 24.2. The monoisotopic (exact) mass is 450 g/mol. The molecule has 0 saturated carbocycles. The number of fused-ring (bicyclic) bond motifs is 1. The number of rotatable bonds is 10. The van der Waals surface area contributed by atoms with Gasteiger partial charge in [-0.2, -0.15) is 0 Å². The molecule has 0 radical (unpaired) electrons. The van der Waals surface area contributed by atoms with E-state index in [1.165, 1.54) is 12.7 Å². The van der Waals surface area contributed by atoms with Crippen LogP contribution in [0.5, 0.6) is 0 Å². The molecule has 0 heterocycles. The second kappa shape index (κ2) is 11.5. The molecule has 2 rings (SSSR count). The minimum atomic E-state index is -0.919. The molecule has 0 aliphatic heterocycles. The van der Waals surface area contributed by atoms with Crippen LogP contribution in [0.1, 0.15) is 73.1 Å². The summed E-state index contributed by atoms with van der Waals surface area (Å²) in [5.41, 5.74) is 0.710. The molecule has 0 spiro atoms. The van der Waals surface area contributed by atoms with E-state index in [0.29, 0.717) is 12.3 Å². The van der Waals surface area contributed by atoms with Gasteiger partial charge in [-0.3, -0.25) is 9.59 Å². The molecule has 0 aromatic carbocycles. The minimum Gasteiger partial charge on any atom is -0.469 e. The fraction of sp³-hybridized carbons (Fsp3) is 0.769. The molecule has 2 N–H and O–H groups in total. The van der Waals surface area contributed by atoms with Gasteiger partial charge in [0.1, 0.15) is 6.10 Å². The lowest BCUT2D eigenvalue weighted by atomic mass is 9.65. The quantitative estimate of drug-likeness (QED) is 0.485. The molecule has 7 atom stereocenters. The molecule has 2 aliphatic rings. The van der Waals surface area contributed by atoms with Gasteiger partial charge < -0.3 is 19.7 Å².